The molecular weight excluding hydrogens is 244 g/mol. The Morgan fingerprint density at radius 3 is 2.67 bits per heavy atom. The first kappa shape index (κ1) is 12.8. The van der Waals surface area contributed by atoms with E-state index in [1.54, 1.807) is 17.5 Å². The lowest BCUT2D eigenvalue weighted by Gasteiger charge is -2.12. The number of ketones is 1. The topological polar surface area (TPSA) is 42.0 Å². The summed E-state index contributed by atoms with van der Waals surface area (Å²) in [6.07, 6.45) is 2.35. The van der Waals surface area contributed by atoms with Crippen molar-refractivity contribution in [3.63, 3.8) is 0 Å². The molecule has 1 aromatic carbocycles. The van der Waals surface area contributed by atoms with Crippen molar-refractivity contribution in [3.8, 4) is 0 Å². The number of benzene rings is 1. The highest BCUT2D eigenvalue weighted by Gasteiger charge is 2.08. The van der Waals surface area contributed by atoms with E-state index < -0.39 is 0 Å². The predicted octanol–water partition coefficient (Wildman–Crippen LogP) is 3.91. The molecule has 18 heavy (non-hydrogen) atoms. The third kappa shape index (κ3) is 2.96. The number of hydrogen-bond donors (Lipinski definition) is 1. The number of thiazole rings is 1. The van der Waals surface area contributed by atoms with Crippen LogP contribution in [0.2, 0.25) is 0 Å². The first-order chi connectivity index (χ1) is 8.70. The number of rotatable bonds is 5. The van der Waals surface area contributed by atoms with Gasteiger partial charge in [-0.15, -0.1) is 11.3 Å². The summed E-state index contributed by atoms with van der Waals surface area (Å²) in [5.74, 6) is 0.175. The molecule has 0 aliphatic carbocycles. The molecule has 0 spiro atoms. The Labute approximate surface area is 111 Å². The van der Waals surface area contributed by atoms with Gasteiger partial charge in [-0.2, -0.15) is 0 Å². The minimum Gasteiger partial charge on any atom is -0.376 e. The smallest absolute Gasteiger partial charge is 0.162 e. The van der Waals surface area contributed by atoms with E-state index >= 15 is 0 Å². The molecule has 0 fully saturated rings. The fraction of sp³-hybridized carbons (Fsp3) is 0.286. The summed E-state index contributed by atoms with van der Waals surface area (Å²) in [6.45, 7) is 3.95. The Hall–Kier alpha value is -1.68. The Balaban J connectivity index is 2.04. The van der Waals surface area contributed by atoms with Crippen molar-refractivity contribution < 1.29 is 4.79 Å². The number of nitrogens with one attached hydrogen (secondary N) is 1. The van der Waals surface area contributed by atoms with E-state index in [9.17, 15) is 4.79 Å². The first-order valence-electron chi connectivity index (χ1n) is 6.00. The highest BCUT2D eigenvalue weighted by molar-refractivity contribution is 7.09. The molecule has 0 amide bonds. The van der Waals surface area contributed by atoms with Gasteiger partial charge in [-0.05, 0) is 31.2 Å². The summed E-state index contributed by atoms with van der Waals surface area (Å²) in [6, 6.07) is 7.78. The second-order valence-electron chi connectivity index (χ2n) is 4.09. The third-order valence-electron chi connectivity index (χ3n) is 2.73. The summed E-state index contributed by atoms with van der Waals surface area (Å²) in [7, 11) is 0. The van der Waals surface area contributed by atoms with Crippen molar-refractivity contribution in [1.29, 1.82) is 0 Å². The number of hydrogen-bond acceptors (Lipinski definition) is 4. The van der Waals surface area contributed by atoms with Crippen LogP contribution in [-0.4, -0.2) is 10.8 Å². The number of carbonyl (C=O) groups is 1. The lowest BCUT2D eigenvalue weighted by Crippen LogP contribution is -2.06. The molecule has 94 valence electrons. The molecule has 1 atom stereocenters. The van der Waals surface area contributed by atoms with Gasteiger partial charge >= 0.3 is 0 Å². The van der Waals surface area contributed by atoms with Gasteiger partial charge in [0.2, 0.25) is 0 Å². The van der Waals surface area contributed by atoms with Crippen LogP contribution in [0, 0.1) is 0 Å². The van der Waals surface area contributed by atoms with Crippen LogP contribution in [0.5, 0.6) is 0 Å². The molecule has 1 N–H and O–H groups in total. The highest BCUT2D eigenvalue weighted by Crippen LogP contribution is 2.21. The van der Waals surface area contributed by atoms with E-state index in [0.29, 0.717) is 6.42 Å². The van der Waals surface area contributed by atoms with E-state index in [4.69, 9.17) is 0 Å². The van der Waals surface area contributed by atoms with Crippen LogP contribution in [0.25, 0.3) is 0 Å². The van der Waals surface area contributed by atoms with Gasteiger partial charge in [0.25, 0.3) is 0 Å². The van der Waals surface area contributed by atoms with E-state index in [2.05, 4.69) is 17.2 Å². The molecule has 1 aromatic heterocycles. The summed E-state index contributed by atoms with van der Waals surface area (Å²) < 4.78 is 0. The summed E-state index contributed by atoms with van der Waals surface area (Å²) in [4.78, 5) is 15.8. The van der Waals surface area contributed by atoms with Crippen molar-refractivity contribution in [1.82, 2.24) is 4.98 Å². The minimum absolute atomic E-state index is 0.175. The molecule has 4 heteroatoms. The summed E-state index contributed by atoms with van der Waals surface area (Å²) in [5.41, 5.74) is 1.77. The van der Waals surface area contributed by atoms with Crippen LogP contribution in [0.3, 0.4) is 0 Å². The van der Waals surface area contributed by atoms with Crippen molar-refractivity contribution in [2.75, 3.05) is 5.32 Å². The van der Waals surface area contributed by atoms with Gasteiger partial charge in [0, 0.05) is 29.2 Å². The van der Waals surface area contributed by atoms with E-state index in [1.807, 2.05) is 36.6 Å². The second kappa shape index (κ2) is 5.78. The largest absolute Gasteiger partial charge is 0.376 e. The Kier molecular flexibility index (Phi) is 4.10. The molecule has 0 saturated heterocycles. The minimum atomic E-state index is 0.175. The SMILES string of the molecule is CCC(=O)c1ccc(NC(C)c2nccs2)cc1. The fourth-order valence-corrected chi connectivity index (χ4v) is 2.36. The molecular formula is C14H16N2OS. The van der Waals surface area contributed by atoms with Crippen LogP contribution in [0.1, 0.15) is 41.7 Å². The van der Waals surface area contributed by atoms with Crippen molar-refractivity contribution in [2.24, 2.45) is 0 Å². The summed E-state index contributed by atoms with van der Waals surface area (Å²) in [5, 5.41) is 6.39. The number of carbonyl (C=O) groups excluding carboxylic acids is 1. The first-order valence-corrected chi connectivity index (χ1v) is 6.88. The van der Waals surface area contributed by atoms with E-state index in [-0.39, 0.29) is 11.8 Å². The molecule has 0 saturated carbocycles. The average Bonchev–Trinajstić information content (AvgIpc) is 2.92. The number of anilines is 1. The van der Waals surface area contributed by atoms with Crippen LogP contribution in [0.15, 0.2) is 35.8 Å². The van der Waals surface area contributed by atoms with Crippen molar-refractivity contribution >= 4 is 22.8 Å². The molecule has 0 radical (unpaired) electrons. The number of Topliss-reactive ketones (excluding diaryl/α,β-unsaturated/α-hetero) is 1. The average molecular weight is 260 g/mol. The Bertz CT molecular complexity index is 505. The lowest BCUT2D eigenvalue weighted by molar-refractivity contribution is 0.0988. The zero-order chi connectivity index (χ0) is 13.0. The van der Waals surface area contributed by atoms with Gasteiger partial charge < -0.3 is 5.32 Å². The maximum Gasteiger partial charge on any atom is 0.162 e. The van der Waals surface area contributed by atoms with Gasteiger partial charge in [-0.1, -0.05) is 6.92 Å². The van der Waals surface area contributed by atoms with Crippen molar-refractivity contribution in [3.05, 3.63) is 46.4 Å². The van der Waals surface area contributed by atoms with Crippen LogP contribution in [-0.2, 0) is 0 Å². The lowest BCUT2D eigenvalue weighted by atomic mass is 10.1. The standard InChI is InChI=1S/C14H16N2OS/c1-3-13(17)11-4-6-12(7-5-11)16-10(2)14-15-8-9-18-14/h4-10,16H,3H2,1-2H3. The van der Waals surface area contributed by atoms with Crippen LogP contribution < -0.4 is 5.32 Å². The Morgan fingerprint density at radius 2 is 2.11 bits per heavy atom. The van der Waals surface area contributed by atoms with E-state index in [0.717, 1.165) is 16.3 Å². The molecule has 0 aliphatic rings. The molecule has 2 aromatic rings. The summed E-state index contributed by atoms with van der Waals surface area (Å²) >= 11 is 1.63. The van der Waals surface area contributed by atoms with Crippen molar-refractivity contribution in [2.45, 2.75) is 26.3 Å². The molecule has 3 nitrogen and oxygen atoms in total. The predicted molar refractivity (Wildman–Crippen MR) is 75.2 cm³/mol. The maximum atomic E-state index is 11.5. The van der Waals surface area contributed by atoms with Crippen LogP contribution >= 0.6 is 11.3 Å². The van der Waals surface area contributed by atoms with E-state index in [1.165, 1.54) is 0 Å². The fourth-order valence-electron chi connectivity index (χ4n) is 1.72. The number of nitrogens with zero attached hydrogens (tertiary/aromatic N) is 1. The Morgan fingerprint density at radius 1 is 1.39 bits per heavy atom. The monoisotopic (exact) mass is 260 g/mol. The molecule has 1 heterocycles. The van der Waals surface area contributed by atoms with Crippen LogP contribution in [0.4, 0.5) is 5.69 Å². The molecule has 1 unspecified atom stereocenters. The zero-order valence-corrected chi connectivity index (χ0v) is 11.3. The quantitative estimate of drug-likeness (QED) is 0.829. The van der Waals surface area contributed by atoms with Gasteiger partial charge in [0.15, 0.2) is 5.78 Å². The van der Waals surface area contributed by atoms with Gasteiger partial charge in [0.1, 0.15) is 5.01 Å². The molecule has 2 rings (SSSR count). The highest BCUT2D eigenvalue weighted by atomic mass is 32.1. The molecule has 0 bridgehead atoms. The maximum absolute atomic E-state index is 11.5. The van der Waals surface area contributed by atoms with Gasteiger partial charge in [-0.25, -0.2) is 4.98 Å². The van der Waals surface area contributed by atoms with Gasteiger partial charge in [0.05, 0.1) is 6.04 Å². The molecule has 0 aliphatic heterocycles. The number of aromatic nitrogens is 1. The van der Waals surface area contributed by atoms with Gasteiger partial charge in [-0.3, -0.25) is 4.79 Å². The normalized spacial score (nSPS) is 12.1. The third-order valence-corrected chi connectivity index (χ3v) is 3.69. The second-order valence-corrected chi connectivity index (χ2v) is 5.02. The zero-order valence-electron chi connectivity index (χ0n) is 10.5.